The second-order valence-corrected chi connectivity index (χ2v) is 3.88. The number of nitrogens with one attached hydrogen (secondary N) is 1. The Hall–Kier alpha value is -0.300. The van der Waals surface area contributed by atoms with Crippen LogP contribution in [-0.2, 0) is 0 Å². The van der Waals surface area contributed by atoms with Crippen molar-refractivity contribution in [2.75, 3.05) is 6.54 Å². The summed E-state index contributed by atoms with van der Waals surface area (Å²) in [6.45, 7) is 7.85. The van der Waals surface area contributed by atoms with E-state index >= 15 is 0 Å². The lowest BCUT2D eigenvalue weighted by atomic mass is 9.90. The maximum atomic E-state index is 3.46. The minimum Gasteiger partial charge on any atom is -0.310 e. The summed E-state index contributed by atoms with van der Waals surface area (Å²) in [5, 5.41) is 3.46. The second-order valence-electron chi connectivity index (χ2n) is 3.88. The molecule has 1 heterocycles. The summed E-state index contributed by atoms with van der Waals surface area (Å²) < 4.78 is 0. The van der Waals surface area contributed by atoms with Gasteiger partial charge in [-0.3, -0.25) is 0 Å². The Morgan fingerprint density at radius 1 is 1.50 bits per heavy atom. The Morgan fingerprint density at radius 2 is 2.20 bits per heavy atom. The molecule has 0 amide bonds. The van der Waals surface area contributed by atoms with Crippen LogP contribution in [0.2, 0.25) is 0 Å². The van der Waals surface area contributed by atoms with Crippen molar-refractivity contribution in [1.29, 1.82) is 0 Å². The van der Waals surface area contributed by atoms with Crippen LogP contribution in [0.25, 0.3) is 0 Å². The summed E-state index contributed by atoms with van der Waals surface area (Å²) in [5.74, 6) is 0. The molecule has 1 aliphatic heterocycles. The second kappa shape index (κ2) is 2.75. The zero-order valence-electron chi connectivity index (χ0n) is 7.15. The SMILES string of the molecule is C/C=C/C1CC(C)(C)CN1. The van der Waals surface area contributed by atoms with Gasteiger partial charge in [0.1, 0.15) is 0 Å². The smallest absolute Gasteiger partial charge is 0.0255 e. The van der Waals surface area contributed by atoms with Gasteiger partial charge in [-0.25, -0.2) is 0 Å². The van der Waals surface area contributed by atoms with Gasteiger partial charge in [-0.15, -0.1) is 0 Å². The first kappa shape index (κ1) is 7.80. The molecule has 1 atom stereocenters. The molecule has 1 fully saturated rings. The molecule has 1 heteroatoms. The number of hydrogen-bond donors (Lipinski definition) is 1. The number of hydrogen-bond acceptors (Lipinski definition) is 1. The molecule has 0 saturated carbocycles. The van der Waals surface area contributed by atoms with E-state index in [1.165, 1.54) is 6.42 Å². The lowest BCUT2D eigenvalue weighted by Gasteiger charge is -2.13. The fourth-order valence-electron chi connectivity index (χ4n) is 1.52. The summed E-state index contributed by atoms with van der Waals surface area (Å²) in [5.41, 5.74) is 0.504. The molecule has 0 aromatic heterocycles. The van der Waals surface area contributed by atoms with Crippen molar-refractivity contribution in [2.45, 2.75) is 33.2 Å². The Balaban J connectivity index is 2.43. The van der Waals surface area contributed by atoms with Gasteiger partial charge < -0.3 is 5.32 Å². The van der Waals surface area contributed by atoms with Crippen LogP contribution in [0.5, 0.6) is 0 Å². The zero-order valence-corrected chi connectivity index (χ0v) is 7.15. The van der Waals surface area contributed by atoms with Crippen LogP contribution in [0, 0.1) is 5.41 Å². The van der Waals surface area contributed by atoms with Crippen molar-refractivity contribution in [3.05, 3.63) is 12.2 Å². The average Bonchev–Trinajstić information content (AvgIpc) is 2.12. The van der Waals surface area contributed by atoms with Crippen LogP contribution >= 0.6 is 0 Å². The number of allylic oxidation sites excluding steroid dienone is 1. The van der Waals surface area contributed by atoms with Crippen LogP contribution in [0.3, 0.4) is 0 Å². The fraction of sp³-hybridized carbons (Fsp3) is 0.778. The highest BCUT2D eigenvalue weighted by atomic mass is 15.0. The van der Waals surface area contributed by atoms with Gasteiger partial charge in [0.25, 0.3) is 0 Å². The van der Waals surface area contributed by atoms with Crippen molar-refractivity contribution < 1.29 is 0 Å². The Bertz CT molecular complexity index is 136. The topological polar surface area (TPSA) is 12.0 Å². The molecule has 0 aliphatic carbocycles. The molecule has 0 aromatic carbocycles. The third-order valence-corrected chi connectivity index (χ3v) is 2.04. The van der Waals surface area contributed by atoms with Gasteiger partial charge in [-0.2, -0.15) is 0 Å². The minimum atomic E-state index is 0.504. The molecular weight excluding hydrogens is 122 g/mol. The van der Waals surface area contributed by atoms with Gasteiger partial charge in [0.15, 0.2) is 0 Å². The largest absolute Gasteiger partial charge is 0.310 e. The van der Waals surface area contributed by atoms with E-state index in [1.807, 2.05) is 0 Å². The van der Waals surface area contributed by atoms with Crippen LogP contribution in [0.15, 0.2) is 12.2 Å². The molecule has 0 bridgehead atoms. The third kappa shape index (κ3) is 1.84. The third-order valence-electron chi connectivity index (χ3n) is 2.04. The normalized spacial score (nSPS) is 31.7. The molecule has 1 saturated heterocycles. The molecule has 0 aromatic rings. The lowest BCUT2D eigenvalue weighted by Crippen LogP contribution is -2.19. The fourth-order valence-corrected chi connectivity index (χ4v) is 1.52. The highest BCUT2D eigenvalue weighted by Crippen LogP contribution is 2.27. The van der Waals surface area contributed by atoms with E-state index in [1.54, 1.807) is 0 Å². The molecule has 1 aliphatic rings. The minimum absolute atomic E-state index is 0.504. The summed E-state index contributed by atoms with van der Waals surface area (Å²) in [6, 6.07) is 0.625. The monoisotopic (exact) mass is 139 g/mol. The van der Waals surface area contributed by atoms with Crippen LogP contribution in [0.4, 0.5) is 0 Å². The average molecular weight is 139 g/mol. The van der Waals surface area contributed by atoms with E-state index in [2.05, 4.69) is 38.2 Å². The van der Waals surface area contributed by atoms with E-state index in [9.17, 15) is 0 Å². The summed E-state index contributed by atoms with van der Waals surface area (Å²) >= 11 is 0. The van der Waals surface area contributed by atoms with Crippen molar-refractivity contribution in [3.63, 3.8) is 0 Å². The van der Waals surface area contributed by atoms with Gasteiger partial charge >= 0.3 is 0 Å². The van der Waals surface area contributed by atoms with Crippen LogP contribution in [-0.4, -0.2) is 12.6 Å². The molecule has 0 radical (unpaired) electrons. The first-order valence-electron chi connectivity index (χ1n) is 4.00. The van der Waals surface area contributed by atoms with Crippen molar-refractivity contribution in [3.8, 4) is 0 Å². The summed E-state index contributed by atoms with van der Waals surface area (Å²) in [6.07, 6.45) is 5.64. The van der Waals surface area contributed by atoms with Gasteiger partial charge in [0, 0.05) is 12.6 Å². The lowest BCUT2D eigenvalue weighted by molar-refractivity contribution is 0.408. The maximum absolute atomic E-state index is 3.46. The van der Waals surface area contributed by atoms with Crippen molar-refractivity contribution >= 4 is 0 Å². The van der Waals surface area contributed by atoms with Crippen molar-refractivity contribution in [1.82, 2.24) is 5.32 Å². The Labute approximate surface area is 63.5 Å². The van der Waals surface area contributed by atoms with E-state index in [4.69, 9.17) is 0 Å². The van der Waals surface area contributed by atoms with E-state index < -0.39 is 0 Å². The molecule has 58 valence electrons. The Morgan fingerprint density at radius 3 is 2.60 bits per heavy atom. The van der Waals surface area contributed by atoms with Gasteiger partial charge in [0.05, 0.1) is 0 Å². The summed E-state index contributed by atoms with van der Waals surface area (Å²) in [4.78, 5) is 0. The molecule has 10 heavy (non-hydrogen) atoms. The van der Waals surface area contributed by atoms with Gasteiger partial charge in [0.2, 0.25) is 0 Å². The predicted octanol–water partition coefficient (Wildman–Crippen LogP) is 1.95. The molecule has 1 unspecified atom stereocenters. The molecule has 0 spiro atoms. The maximum Gasteiger partial charge on any atom is 0.0255 e. The first-order valence-corrected chi connectivity index (χ1v) is 4.00. The first-order chi connectivity index (χ1) is 4.64. The zero-order chi connectivity index (χ0) is 7.61. The standard InChI is InChI=1S/C9H17N/c1-4-5-8-6-9(2,3)7-10-8/h4-5,8,10H,6-7H2,1-3H3/b5-4+. The number of rotatable bonds is 1. The summed E-state index contributed by atoms with van der Waals surface area (Å²) in [7, 11) is 0. The Kier molecular flexibility index (Phi) is 2.14. The highest BCUT2D eigenvalue weighted by molar-refractivity contribution is 4.99. The van der Waals surface area contributed by atoms with Crippen molar-refractivity contribution in [2.24, 2.45) is 5.41 Å². The molecular formula is C9H17N. The van der Waals surface area contributed by atoms with E-state index in [0.717, 1.165) is 6.54 Å². The predicted molar refractivity (Wildman–Crippen MR) is 45.0 cm³/mol. The van der Waals surface area contributed by atoms with Gasteiger partial charge in [-0.1, -0.05) is 26.0 Å². The molecule has 1 rings (SSSR count). The van der Waals surface area contributed by atoms with E-state index in [-0.39, 0.29) is 0 Å². The van der Waals surface area contributed by atoms with E-state index in [0.29, 0.717) is 11.5 Å². The van der Waals surface area contributed by atoms with Gasteiger partial charge in [-0.05, 0) is 18.8 Å². The molecule has 1 N–H and O–H groups in total. The highest BCUT2D eigenvalue weighted by Gasteiger charge is 2.28. The van der Waals surface area contributed by atoms with Crippen LogP contribution in [0.1, 0.15) is 27.2 Å². The quantitative estimate of drug-likeness (QED) is 0.547. The van der Waals surface area contributed by atoms with Crippen LogP contribution < -0.4 is 5.32 Å². The molecule has 1 nitrogen and oxygen atoms in total.